The molecule has 1 heterocycles. The van der Waals surface area contributed by atoms with Crippen LogP contribution in [0.5, 0.6) is 17.2 Å². The number of nitrogens with zero attached hydrogens (tertiary/aromatic N) is 2. The number of halogens is 1. The SMILES string of the molecule is COc1cc(C2CC(c3cccc(Cl)c3)=NN2S(=O)(=O)c2ccccc2)cc(OC)c1OC. The summed E-state index contributed by atoms with van der Waals surface area (Å²) in [6, 6.07) is 18.3. The van der Waals surface area contributed by atoms with Crippen LogP contribution in [0.4, 0.5) is 0 Å². The van der Waals surface area contributed by atoms with E-state index in [0.717, 1.165) is 9.98 Å². The highest BCUT2D eigenvalue weighted by atomic mass is 35.5. The highest BCUT2D eigenvalue weighted by Crippen LogP contribution is 2.44. The van der Waals surface area contributed by atoms with Crippen LogP contribution < -0.4 is 14.2 Å². The van der Waals surface area contributed by atoms with E-state index in [2.05, 4.69) is 5.10 Å². The second-order valence-electron chi connectivity index (χ2n) is 7.33. The molecule has 3 aromatic rings. The van der Waals surface area contributed by atoms with Crippen molar-refractivity contribution in [2.45, 2.75) is 17.4 Å². The minimum atomic E-state index is -3.94. The number of hydrazone groups is 1. The Bertz CT molecular complexity index is 1270. The van der Waals surface area contributed by atoms with Crippen LogP contribution in [0.3, 0.4) is 0 Å². The average molecular weight is 487 g/mol. The Kier molecular flexibility index (Phi) is 6.49. The van der Waals surface area contributed by atoms with E-state index >= 15 is 0 Å². The first kappa shape index (κ1) is 22.9. The van der Waals surface area contributed by atoms with Crippen LogP contribution in [0.25, 0.3) is 0 Å². The molecule has 33 heavy (non-hydrogen) atoms. The van der Waals surface area contributed by atoms with Crippen molar-refractivity contribution < 1.29 is 22.6 Å². The first-order chi connectivity index (χ1) is 15.9. The van der Waals surface area contributed by atoms with Crippen LogP contribution in [-0.2, 0) is 10.0 Å². The van der Waals surface area contributed by atoms with E-state index < -0.39 is 16.1 Å². The fourth-order valence-corrected chi connectivity index (χ4v) is 5.44. The van der Waals surface area contributed by atoms with Crippen molar-refractivity contribution >= 4 is 27.3 Å². The summed E-state index contributed by atoms with van der Waals surface area (Å²) in [6.45, 7) is 0. The molecule has 3 aromatic carbocycles. The maximum atomic E-state index is 13.6. The molecule has 1 aliphatic rings. The van der Waals surface area contributed by atoms with E-state index in [-0.39, 0.29) is 4.90 Å². The first-order valence-electron chi connectivity index (χ1n) is 10.1. The van der Waals surface area contributed by atoms with Crippen LogP contribution in [0.1, 0.15) is 23.6 Å². The fourth-order valence-electron chi connectivity index (χ4n) is 3.80. The van der Waals surface area contributed by atoms with Crippen LogP contribution in [0, 0.1) is 0 Å². The van der Waals surface area contributed by atoms with Gasteiger partial charge in [-0.1, -0.05) is 41.9 Å². The van der Waals surface area contributed by atoms with Gasteiger partial charge in [-0.05, 0) is 47.5 Å². The van der Waals surface area contributed by atoms with Crippen LogP contribution in [0.2, 0.25) is 5.02 Å². The van der Waals surface area contributed by atoms with Gasteiger partial charge >= 0.3 is 0 Å². The summed E-state index contributed by atoms with van der Waals surface area (Å²) in [5, 5.41) is 5.09. The molecule has 0 amide bonds. The zero-order valence-corrected chi connectivity index (χ0v) is 19.9. The van der Waals surface area contributed by atoms with Gasteiger partial charge in [-0.3, -0.25) is 0 Å². The van der Waals surface area contributed by atoms with Gasteiger partial charge in [0.05, 0.1) is 38.0 Å². The Hall–Kier alpha value is -3.23. The summed E-state index contributed by atoms with van der Waals surface area (Å²) >= 11 is 6.18. The first-order valence-corrected chi connectivity index (χ1v) is 11.9. The monoisotopic (exact) mass is 486 g/mol. The molecule has 7 nitrogen and oxygen atoms in total. The molecule has 1 atom stereocenters. The van der Waals surface area contributed by atoms with Gasteiger partial charge < -0.3 is 14.2 Å². The molecular formula is C24H23ClN2O5S. The normalized spacial score (nSPS) is 15.8. The molecule has 0 saturated carbocycles. The third-order valence-electron chi connectivity index (χ3n) is 5.39. The van der Waals surface area contributed by atoms with Gasteiger partial charge in [-0.15, -0.1) is 0 Å². The van der Waals surface area contributed by atoms with Crippen molar-refractivity contribution in [1.29, 1.82) is 0 Å². The van der Waals surface area contributed by atoms with Gasteiger partial charge in [0.1, 0.15) is 0 Å². The molecule has 0 aromatic heterocycles. The number of hydrogen-bond acceptors (Lipinski definition) is 6. The van der Waals surface area contributed by atoms with Gasteiger partial charge in [0, 0.05) is 11.4 Å². The molecule has 1 unspecified atom stereocenters. The van der Waals surface area contributed by atoms with Gasteiger partial charge in [-0.2, -0.15) is 17.9 Å². The molecule has 1 aliphatic heterocycles. The average Bonchev–Trinajstić information content (AvgIpc) is 3.30. The van der Waals surface area contributed by atoms with Gasteiger partial charge in [0.25, 0.3) is 10.0 Å². The summed E-state index contributed by atoms with van der Waals surface area (Å²) < 4.78 is 44.7. The van der Waals surface area contributed by atoms with Gasteiger partial charge in [0.2, 0.25) is 5.75 Å². The van der Waals surface area contributed by atoms with E-state index in [1.165, 1.54) is 21.3 Å². The van der Waals surface area contributed by atoms with Crippen molar-refractivity contribution in [2.75, 3.05) is 21.3 Å². The highest BCUT2D eigenvalue weighted by molar-refractivity contribution is 7.89. The topological polar surface area (TPSA) is 77.4 Å². The zero-order valence-electron chi connectivity index (χ0n) is 18.4. The number of rotatable bonds is 7. The van der Waals surface area contributed by atoms with Gasteiger partial charge in [0.15, 0.2) is 11.5 Å². The molecule has 0 spiro atoms. The quantitative estimate of drug-likeness (QED) is 0.474. The molecule has 4 rings (SSSR count). The maximum Gasteiger partial charge on any atom is 0.279 e. The second-order valence-corrected chi connectivity index (χ2v) is 9.56. The van der Waals surface area contributed by atoms with Crippen molar-refractivity contribution in [1.82, 2.24) is 4.41 Å². The summed E-state index contributed by atoms with van der Waals surface area (Å²) in [7, 11) is 0.606. The van der Waals surface area contributed by atoms with Crippen LogP contribution >= 0.6 is 11.6 Å². The van der Waals surface area contributed by atoms with Crippen molar-refractivity contribution in [3.05, 3.63) is 82.9 Å². The molecule has 9 heteroatoms. The Labute approximate surface area is 198 Å². The molecular weight excluding hydrogens is 464 g/mol. The molecule has 0 radical (unpaired) electrons. The fraction of sp³-hybridized carbons (Fsp3) is 0.208. The molecule has 0 N–H and O–H groups in total. The predicted molar refractivity (Wildman–Crippen MR) is 127 cm³/mol. The Balaban J connectivity index is 1.86. The second kappa shape index (κ2) is 9.33. The summed E-state index contributed by atoms with van der Waals surface area (Å²) in [6.07, 6.45) is 0.338. The van der Waals surface area contributed by atoms with E-state index in [9.17, 15) is 8.42 Å². The number of benzene rings is 3. The summed E-state index contributed by atoms with van der Waals surface area (Å²) in [4.78, 5) is 0.151. The van der Waals surface area contributed by atoms with E-state index in [1.54, 1.807) is 54.6 Å². The minimum absolute atomic E-state index is 0.151. The van der Waals surface area contributed by atoms with Crippen molar-refractivity contribution in [3.8, 4) is 17.2 Å². The standard InChI is InChI=1S/C24H23ClN2O5S/c1-30-22-13-17(14-23(31-2)24(22)32-3)21-15-20(16-8-7-9-18(25)12-16)26-27(21)33(28,29)19-10-5-4-6-11-19/h4-14,21H,15H2,1-3H3. The third-order valence-corrected chi connectivity index (χ3v) is 7.32. The van der Waals surface area contributed by atoms with E-state index in [0.29, 0.717) is 40.0 Å². The smallest absolute Gasteiger partial charge is 0.279 e. The van der Waals surface area contributed by atoms with Crippen LogP contribution in [0.15, 0.2) is 76.7 Å². The highest BCUT2D eigenvalue weighted by Gasteiger charge is 2.38. The zero-order chi connectivity index (χ0) is 23.6. The van der Waals surface area contributed by atoms with E-state index in [4.69, 9.17) is 25.8 Å². The summed E-state index contributed by atoms with van der Waals surface area (Å²) in [5.74, 6) is 1.29. The van der Waals surface area contributed by atoms with Gasteiger partial charge in [-0.25, -0.2) is 0 Å². The van der Waals surface area contributed by atoms with Crippen LogP contribution in [-0.4, -0.2) is 39.9 Å². The number of sulfonamides is 1. The Morgan fingerprint density at radius 1 is 0.909 bits per heavy atom. The largest absolute Gasteiger partial charge is 0.493 e. The van der Waals surface area contributed by atoms with E-state index in [1.807, 2.05) is 12.1 Å². The number of hydrogen-bond donors (Lipinski definition) is 0. The predicted octanol–water partition coefficient (Wildman–Crippen LogP) is 4.91. The molecule has 172 valence electrons. The lowest BCUT2D eigenvalue weighted by Gasteiger charge is -2.24. The number of methoxy groups -OCH3 is 3. The Morgan fingerprint density at radius 2 is 1.58 bits per heavy atom. The lowest BCUT2D eigenvalue weighted by molar-refractivity contribution is 0.319. The lowest BCUT2D eigenvalue weighted by atomic mass is 9.98. The molecule has 0 saturated heterocycles. The molecule has 0 bridgehead atoms. The Morgan fingerprint density at radius 3 is 2.15 bits per heavy atom. The maximum absolute atomic E-state index is 13.6. The minimum Gasteiger partial charge on any atom is -0.493 e. The molecule has 0 fully saturated rings. The third kappa shape index (κ3) is 4.36. The van der Waals surface area contributed by atoms with Crippen molar-refractivity contribution in [2.24, 2.45) is 5.10 Å². The van der Waals surface area contributed by atoms with Crippen molar-refractivity contribution in [3.63, 3.8) is 0 Å². The number of ether oxygens (including phenoxy) is 3. The molecule has 0 aliphatic carbocycles. The lowest BCUT2D eigenvalue weighted by Crippen LogP contribution is -2.27. The summed E-state index contributed by atoms with van der Waals surface area (Å²) in [5.41, 5.74) is 2.02.